The van der Waals surface area contributed by atoms with Gasteiger partial charge in [0.25, 0.3) is 11.8 Å². The van der Waals surface area contributed by atoms with E-state index in [1.54, 1.807) is 12.1 Å². The molecule has 2 rings (SSSR count). The Morgan fingerprint density at radius 1 is 1.47 bits per heavy atom. The normalized spacial score (nSPS) is 16.4. The molecule has 0 fully saturated rings. The van der Waals surface area contributed by atoms with Crippen molar-refractivity contribution in [3.63, 3.8) is 0 Å². The fourth-order valence-electron chi connectivity index (χ4n) is 1.66. The zero-order valence-corrected chi connectivity index (χ0v) is 8.30. The highest BCUT2D eigenvalue weighted by Crippen LogP contribution is 2.22. The van der Waals surface area contributed by atoms with Crippen molar-refractivity contribution in [3.8, 4) is 0 Å². The van der Waals surface area contributed by atoms with Crippen LogP contribution in [0.15, 0.2) is 24.3 Å². The highest BCUT2D eigenvalue weighted by molar-refractivity contribution is 6.08. The predicted octanol–water partition coefficient (Wildman–Crippen LogP) is 0.550. The van der Waals surface area contributed by atoms with Crippen molar-refractivity contribution in [2.24, 2.45) is 0 Å². The van der Waals surface area contributed by atoms with E-state index < -0.39 is 12.0 Å². The van der Waals surface area contributed by atoms with Gasteiger partial charge in [-0.2, -0.15) is 0 Å². The second kappa shape index (κ2) is 3.47. The van der Waals surface area contributed by atoms with Crippen molar-refractivity contribution < 1.29 is 14.7 Å². The van der Waals surface area contributed by atoms with Crippen molar-refractivity contribution in [2.45, 2.75) is 19.6 Å². The summed E-state index contributed by atoms with van der Waals surface area (Å²) in [7, 11) is 0. The summed E-state index contributed by atoms with van der Waals surface area (Å²) in [6, 6.07) is 7.07. The van der Waals surface area contributed by atoms with Crippen LogP contribution in [0.3, 0.4) is 0 Å². The molecule has 0 aromatic heterocycles. The zero-order chi connectivity index (χ0) is 11.0. The Morgan fingerprint density at radius 2 is 2.13 bits per heavy atom. The Balaban J connectivity index is 2.31. The number of hydrogen-bond donors (Lipinski definition) is 1. The van der Waals surface area contributed by atoms with E-state index in [4.69, 9.17) is 5.11 Å². The van der Waals surface area contributed by atoms with Gasteiger partial charge < -0.3 is 5.11 Å². The topological polar surface area (TPSA) is 57.6 Å². The van der Waals surface area contributed by atoms with Crippen LogP contribution in [-0.4, -0.2) is 27.9 Å². The van der Waals surface area contributed by atoms with Crippen molar-refractivity contribution in [1.29, 1.82) is 0 Å². The van der Waals surface area contributed by atoms with Gasteiger partial charge in [0.15, 0.2) is 0 Å². The van der Waals surface area contributed by atoms with Gasteiger partial charge in [-0.05, 0) is 18.6 Å². The van der Waals surface area contributed by atoms with Crippen LogP contribution in [-0.2, 0) is 11.3 Å². The third kappa shape index (κ3) is 1.53. The number of nitrogens with zero attached hydrogens (tertiary/aromatic N) is 1. The highest BCUT2D eigenvalue weighted by Gasteiger charge is 2.33. The number of aliphatic hydroxyl groups is 1. The first-order valence-electron chi connectivity index (χ1n) is 4.73. The van der Waals surface area contributed by atoms with Crippen LogP contribution >= 0.6 is 0 Å². The molecule has 1 aliphatic heterocycles. The van der Waals surface area contributed by atoms with Crippen LogP contribution in [0, 0.1) is 0 Å². The molecule has 1 aromatic rings. The van der Waals surface area contributed by atoms with Gasteiger partial charge >= 0.3 is 0 Å². The lowest BCUT2D eigenvalue weighted by Crippen LogP contribution is -2.37. The fourth-order valence-corrected chi connectivity index (χ4v) is 1.66. The SMILES string of the molecule is CC(O)C(=O)N1Cc2ccccc2C1=O. The molecule has 0 saturated heterocycles. The first-order chi connectivity index (χ1) is 7.11. The molecule has 4 nitrogen and oxygen atoms in total. The van der Waals surface area contributed by atoms with Crippen molar-refractivity contribution in [3.05, 3.63) is 35.4 Å². The summed E-state index contributed by atoms with van der Waals surface area (Å²) in [5.41, 5.74) is 1.38. The van der Waals surface area contributed by atoms with Crippen molar-refractivity contribution in [2.75, 3.05) is 0 Å². The Morgan fingerprint density at radius 3 is 2.73 bits per heavy atom. The number of amides is 2. The van der Waals surface area contributed by atoms with Crippen molar-refractivity contribution in [1.82, 2.24) is 4.90 Å². The number of carbonyl (C=O) groups is 2. The number of benzene rings is 1. The number of imide groups is 1. The van der Waals surface area contributed by atoms with Gasteiger partial charge in [-0.3, -0.25) is 14.5 Å². The van der Waals surface area contributed by atoms with Crippen LogP contribution in [0.5, 0.6) is 0 Å². The molecular formula is C11H11NO3. The van der Waals surface area contributed by atoms with E-state index in [9.17, 15) is 9.59 Å². The lowest BCUT2D eigenvalue weighted by atomic mass is 10.1. The average Bonchev–Trinajstić information content (AvgIpc) is 2.56. The summed E-state index contributed by atoms with van der Waals surface area (Å²) < 4.78 is 0. The second-order valence-electron chi connectivity index (χ2n) is 3.56. The summed E-state index contributed by atoms with van der Waals surface area (Å²) in [4.78, 5) is 24.3. The van der Waals surface area contributed by atoms with E-state index in [1.165, 1.54) is 6.92 Å². The lowest BCUT2D eigenvalue weighted by Gasteiger charge is -2.14. The molecule has 0 aliphatic carbocycles. The molecule has 1 unspecified atom stereocenters. The molecule has 1 aliphatic rings. The Hall–Kier alpha value is -1.68. The summed E-state index contributed by atoms with van der Waals surface area (Å²) in [5, 5.41) is 9.13. The molecule has 2 amide bonds. The van der Waals surface area contributed by atoms with E-state index in [2.05, 4.69) is 0 Å². The second-order valence-corrected chi connectivity index (χ2v) is 3.56. The quantitative estimate of drug-likeness (QED) is 0.728. The molecule has 0 spiro atoms. The fraction of sp³-hybridized carbons (Fsp3) is 0.273. The highest BCUT2D eigenvalue weighted by atomic mass is 16.3. The van der Waals surface area contributed by atoms with Crippen LogP contribution in [0.25, 0.3) is 0 Å². The summed E-state index contributed by atoms with van der Waals surface area (Å²) in [6.07, 6.45) is -1.14. The molecule has 0 bridgehead atoms. The van der Waals surface area contributed by atoms with Gasteiger partial charge in [0.1, 0.15) is 6.10 Å². The molecule has 15 heavy (non-hydrogen) atoms. The van der Waals surface area contributed by atoms with Gasteiger partial charge in [0, 0.05) is 5.56 Å². The van der Waals surface area contributed by atoms with E-state index in [0.717, 1.165) is 10.5 Å². The smallest absolute Gasteiger partial charge is 0.261 e. The lowest BCUT2D eigenvalue weighted by molar-refractivity contribution is -0.136. The number of fused-ring (bicyclic) bond motifs is 1. The maximum Gasteiger partial charge on any atom is 0.261 e. The Bertz CT molecular complexity index is 426. The molecule has 0 saturated carbocycles. The van der Waals surface area contributed by atoms with Crippen LogP contribution in [0.4, 0.5) is 0 Å². The van der Waals surface area contributed by atoms with Crippen molar-refractivity contribution >= 4 is 11.8 Å². The monoisotopic (exact) mass is 205 g/mol. The van der Waals surface area contributed by atoms with E-state index in [-0.39, 0.29) is 12.5 Å². The Kier molecular flexibility index (Phi) is 2.28. The molecule has 1 N–H and O–H groups in total. The zero-order valence-electron chi connectivity index (χ0n) is 8.30. The number of hydrogen-bond acceptors (Lipinski definition) is 3. The Labute approximate surface area is 87.1 Å². The molecule has 0 radical (unpaired) electrons. The first-order valence-corrected chi connectivity index (χ1v) is 4.73. The van der Waals surface area contributed by atoms with E-state index in [1.807, 2.05) is 12.1 Å². The van der Waals surface area contributed by atoms with Crippen LogP contribution in [0.2, 0.25) is 0 Å². The first kappa shape index (κ1) is 9.86. The predicted molar refractivity (Wildman–Crippen MR) is 53.0 cm³/mol. The summed E-state index contributed by atoms with van der Waals surface area (Å²) >= 11 is 0. The van der Waals surface area contributed by atoms with E-state index >= 15 is 0 Å². The third-order valence-electron chi connectivity index (χ3n) is 2.44. The van der Waals surface area contributed by atoms with Crippen LogP contribution < -0.4 is 0 Å². The largest absolute Gasteiger partial charge is 0.384 e. The molecule has 1 atom stereocenters. The van der Waals surface area contributed by atoms with Gasteiger partial charge in [-0.25, -0.2) is 0 Å². The van der Waals surface area contributed by atoms with Gasteiger partial charge in [-0.15, -0.1) is 0 Å². The van der Waals surface area contributed by atoms with Gasteiger partial charge in [-0.1, -0.05) is 18.2 Å². The standard InChI is InChI=1S/C11H11NO3/c1-7(13)10(14)12-6-8-4-2-3-5-9(8)11(12)15/h2-5,7,13H,6H2,1H3. The van der Waals surface area contributed by atoms with Gasteiger partial charge in [0.2, 0.25) is 0 Å². The molecule has 4 heteroatoms. The number of rotatable bonds is 1. The molecule has 1 aromatic carbocycles. The average molecular weight is 205 g/mol. The molecular weight excluding hydrogens is 194 g/mol. The minimum atomic E-state index is -1.14. The molecule has 1 heterocycles. The summed E-state index contributed by atoms with van der Waals surface area (Å²) in [6.45, 7) is 1.62. The molecule has 78 valence electrons. The minimum Gasteiger partial charge on any atom is -0.384 e. The third-order valence-corrected chi connectivity index (χ3v) is 2.44. The van der Waals surface area contributed by atoms with Gasteiger partial charge in [0.05, 0.1) is 6.54 Å². The number of aliphatic hydroxyl groups excluding tert-OH is 1. The number of carbonyl (C=O) groups excluding carboxylic acids is 2. The minimum absolute atomic E-state index is 0.263. The van der Waals surface area contributed by atoms with E-state index in [0.29, 0.717) is 5.56 Å². The summed E-state index contributed by atoms with van der Waals surface area (Å²) in [5.74, 6) is -0.868. The maximum atomic E-state index is 11.7. The van der Waals surface area contributed by atoms with Crippen LogP contribution in [0.1, 0.15) is 22.8 Å². The maximum absolute atomic E-state index is 11.7.